The van der Waals surface area contributed by atoms with E-state index >= 15 is 0 Å². The Balaban J connectivity index is 1.28. The Morgan fingerprint density at radius 2 is 1.68 bits per heavy atom. The number of pyridine rings is 1. The Morgan fingerprint density at radius 1 is 0.950 bits per heavy atom. The van der Waals surface area contributed by atoms with Crippen LogP contribution in [0.15, 0.2) is 42.6 Å². The number of nitrogens with zero attached hydrogens (tertiary/aromatic N) is 5. The summed E-state index contributed by atoms with van der Waals surface area (Å²) >= 11 is 0. The number of halogens is 4. The predicted octanol–water partition coefficient (Wildman–Crippen LogP) is 2.71. The number of aromatic nitrogens is 3. The number of benzene rings is 1. The first-order chi connectivity index (χ1) is 19.2. The molecule has 3 N–H and O–H groups in total. The number of hydrogen-bond donors (Lipinski definition) is 3. The first kappa shape index (κ1) is 27.5. The number of H-pyrrole nitrogens is 1. The van der Waals surface area contributed by atoms with E-state index in [1.807, 2.05) is 4.90 Å². The third kappa shape index (κ3) is 6.23. The smallest absolute Gasteiger partial charge is 0.336 e. The molecule has 10 nitrogen and oxygen atoms in total. The van der Waals surface area contributed by atoms with Crippen LogP contribution in [0, 0.1) is 5.82 Å². The molecule has 2 amide bonds. The van der Waals surface area contributed by atoms with Crippen molar-refractivity contribution >= 4 is 23.5 Å². The third-order valence-corrected chi connectivity index (χ3v) is 6.87. The van der Waals surface area contributed by atoms with Gasteiger partial charge in [0.05, 0.1) is 23.0 Å². The van der Waals surface area contributed by atoms with Crippen molar-refractivity contribution in [1.82, 2.24) is 35.2 Å². The SMILES string of the molecule is O=C(c1cc(CN2CCN(C(=O)c3cccc(C(F)(F)F)c3F)CC2)nc(Nc2ccn[nH]2)c1)N1CCNCC1. The minimum atomic E-state index is -4.89. The van der Waals surface area contributed by atoms with Crippen LogP contribution in [0.1, 0.15) is 32.0 Å². The van der Waals surface area contributed by atoms with Crippen LogP contribution in [-0.2, 0) is 12.7 Å². The van der Waals surface area contributed by atoms with Gasteiger partial charge < -0.3 is 20.4 Å². The Kier molecular flexibility index (Phi) is 7.98. The van der Waals surface area contributed by atoms with Crippen LogP contribution in [0.2, 0.25) is 0 Å². The number of carbonyl (C=O) groups is 2. The standard InChI is InChI=1S/C26H28F4N8O2/c27-23-19(2-1-3-20(23)26(28,29)30)25(40)38-12-10-36(11-13-38)16-18-14-17(24(39)37-8-6-31-7-9-37)15-22(33-18)34-21-4-5-32-35-21/h1-5,14-15,31H,6-13,16H2,(H2,32,33,34,35). The molecular formula is C26H28F4N8O2. The lowest BCUT2D eigenvalue weighted by atomic mass is 10.1. The molecule has 1 aromatic carbocycles. The Morgan fingerprint density at radius 3 is 2.35 bits per heavy atom. The highest BCUT2D eigenvalue weighted by atomic mass is 19.4. The number of rotatable bonds is 6. The quantitative estimate of drug-likeness (QED) is 0.398. The van der Waals surface area contributed by atoms with Crippen molar-refractivity contribution < 1.29 is 27.2 Å². The van der Waals surface area contributed by atoms with Gasteiger partial charge in [0.25, 0.3) is 11.8 Å². The monoisotopic (exact) mass is 560 g/mol. The molecule has 212 valence electrons. The molecule has 0 atom stereocenters. The molecule has 2 aliphatic rings. The molecule has 0 radical (unpaired) electrons. The molecule has 2 fully saturated rings. The van der Waals surface area contributed by atoms with Gasteiger partial charge in [-0.15, -0.1) is 0 Å². The lowest BCUT2D eigenvalue weighted by Crippen LogP contribution is -2.48. The second-order valence-corrected chi connectivity index (χ2v) is 9.60. The van der Waals surface area contributed by atoms with Crippen molar-refractivity contribution in [3.8, 4) is 0 Å². The first-order valence-electron chi connectivity index (χ1n) is 12.8. The molecule has 5 rings (SSSR count). The van der Waals surface area contributed by atoms with Gasteiger partial charge in [0.1, 0.15) is 17.5 Å². The Labute approximate surface area is 227 Å². The van der Waals surface area contributed by atoms with E-state index in [1.165, 1.54) is 4.90 Å². The average Bonchev–Trinajstić information content (AvgIpc) is 3.45. The normalized spacial score (nSPS) is 16.7. The van der Waals surface area contributed by atoms with Gasteiger partial charge in [-0.05, 0) is 24.3 Å². The summed E-state index contributed by atoms with van der Waals surface area (Å²) in [5.74, 6) is -1.37. The van der Waals surface area contributed by atoms with E-state index in [2.05, 4.69) is 25.8 Å². The number of piperazine rings is 2. The van der Waals surface area contributed by atoms with Gasteiger partial charge in [-0.1, -0.05) is 6.07 Å². The number of alkyl halides is 3. The topological polar surface area (TPSA) is 109 Å². The maximum Gasteiger partial charge on any atom is 0.419 e. The summed E-state index contributed by atoms with van der Waals surface area (Å²) < 4.78 is 53.8. The van der Waals surface area contributed by atoms with E-state index in [9.17, 15) is 27.2 Å². The molecule has 0 bridgehead atoms. The largest absolute Gasteiger partial charge is 0.419 e. The van der Waals surface area contributed by atoms with Crippen molar-refractivity contribution in [2.45, 2.75) is 12.7 Å². The minimum Gasteiger partial charge on any atom is -0.336 e. The lowest BCUT2D eigenvalue weighted by Gasteiger charge is -2.35. The van der Waals surface area contributed by atoms with Gasteiger partial charge in [-0.3, -0.25) is 19.6 Å². The summed E-state index contributed by atoms with van der Waals surface area (Å²) in [5.41, 5.74) is -0.939. The maximum atomic E-state index is 14.5. The van der Waals surface area contributed by atoms with Gasteiger partial charge in [-0.2, -0.15) is 18.3 Å². The summed E-state index contributed by atoms with van der Waals surface area (Å²) in [7, 11) is 0. The molecule has 0 unspecified atom stereocenters. The number of hydrogen-bond acceptors (Lipinski definition) is 7. The highest BCUT2D eigenvalue weighted by molar-refractivity contribution is 5.95. The average molecular weight is 561 g/mol. The van der Waals surface area contributed by atoms with Crippen LogP contribution in [0.25, 0.3) is 0 Å². The van der Waals surface area contributed by atoms with Crippen LogP contribution in [0.3, 0.4) is 0 Å². The summed E-state index contributed by atoms with van der Waals surface area (Å²) in [6.07, 6.45) is -3.30. The maximum absolute atomic E-state index is 14.5. The molecule has 14 heteroatoms. The van der Waals surface area contributed by atoms with Crippen LogP contribution < -0.4 is 10.6 Å². The lowest BCUT2D eigenvalue weighted by molar-refractivity contribution is -0.140. The van der Waals surface area contributed by atoms with E-state index in [0.717, 1.165) is 25.2 Å². The predicted molar refractivity (Wildman–Crippen MR) is 137 cm³/mol. The van der Waals surface area contributed by atoms with Crippen LogP contribution >= 0.6 is 0 Å². The van der Waals surface area contributed by atoms with Gasteiger partial charge in [0.15, 0.2) is 0 Å². The number of anilines is 2. The molecular weight excluding hydrogens is 532 g/mol. The van der Waals surface area contributed by atoms with Crippen LogP contribution in [0.5, 0.6) is 0 Å². The second-order valence-electron chi connectivity index (χ2n) is 9.60. The second kappa shape index (κ2) is 11.6. The summed E-state index contributed by atoms with van der Waals surface area (Å²) in [6.45, 7) is 4.21. The summed E-state index contributed by atoms with van der Waals surface area (Å²) in [4.78, 5) is 35.9. The molecule has 2 aliphatic heterocycles. The third-order valence-electron chi connectivity index (χ3n) is 6.87. The molecule has 2 saturated heterocycles. The fourth-order valence-electron chi connectivity index (χ4n) is 4.79. The fourth-order valence-corrected chi connectivity index (χ4v) is 4.79. The Bertz CT molecular complexity index is 1350. The van der Waals surface area contributed by atoms with Gasteiger partial charge in [0.2, 0.25) is 0 Å². The molecule has 3 aromatic rings. The fraction of sp³-hybridized carbons (Fsp3) is 0.385. The molecule has 4 heterocycles. The first-order valence-corrected chi connectivity index (χ1v) is 12.8. The number of aromatic amines is 1. The molecule has 2 aromatic heterocycles. The van der Waals surface area contributed by atoms with Crippen molar-refractivity contribution in [3.05, 3.63) is 70.8 Å². The van der Waals surface area contributed by atoms with E-state index in [0.29, 0.717) is 61.7 Å². The number of nitrogens with one attached hydrogen (secondary N) is 3. The van der Waals surface area contributed by atoms with Crippen LogP contribution in [0.4, 0.5) is 29.2 Å². The molecule has 0 saturated carbocycles. The number of amides is 2. The van der Waals surface area contributed by atoms with Gasteiger partial charge in [-0.25, -0.2) is 9.37 Å². The molecule has 0 aliphatic carbocycles. The van der Waals surface area contributed by atoms with Crippen LogP contribution in [-0.4, -0.2) is 94.1 Å². The highest BCUT2D eigenvalue weighted by Gasteiger charge is 2.36. The van der Waals surface area contributed by atoms with E-state index in [1.54, 1.807) is 29.3 Å². The van der Waals surface area contributed by atoms with Gasteiger partial charge >= 0.3 is 6.18 Å². The molecule has 40 heavy (non-hydrogen) atoms. The van der Waals surface area contributed by atoms with Crippen molar-refractivity contribution in [3.63, 3.8) is 0 Å². The zero-order valence-electron chi connectivity index (χ0n) is 21.5. The van der Waals surface area contributed by atoms with E-state index in [4.69, 9.17) is 0 Å². The van der Waals surface area contributed by atoms with Crippen molar-refractivity contribution in [2.24, 2.45) is 0 Å². The van der Waals surface area contributed by atoms with Crippen molar-refractivity contribution in [1.29, 1.82) is 0 Å². The zero-order chi connectivity index (χ0) is 28.3. The van der Waals surface area contributed by atoms with E-state index < -0.39 is 29.0 Å². The van der Waals surface area contributed by atoms with Gasteiger partial charge in [0, 0.05) is 70.5 Å². The molecule has 0 spiro atoms. The Hall–Kier alpha value is -4.04. The summed E-state index contributed by atoms with van der Waals surface area (Å²) in [6, 6.07) is 7.89. The van der Waals surface area contributed by atoms with Crippen molar-refractivity contribution in [2.75, 3.05) is 57.7 Å². The number of carbonyl (C=O) groups excluding carboxylic acids is 2. The zero-order valence-corrected chi connectivity index (χ0v) is 21.5. The summed E-state index contributed by atoms with van der Waals surface area (Å²) in [5, 5.41) is 13.1. The highest BCUT2D eigenvalue weighted by Crippen LogP contribution is 2.32. The minimum absolute atomic E-state index is 0.101. The van der Waals surface area contributed by atoms with E-state index in [-0.39, 0.29) is 19.0 Å².